The van der Waals surface area contributed by atoms with E-state index in [0.29, 0.717) is 11.7 Å². The summed E-state index contributed by atoms with van der Waals surface area (Å²) in [6, 6.07) is 8.37. The molecule has 0 spiro atoms. The molecule has 1 fully saturated rings. The average Bonchev–Trinajstić information content (AvgIpc) is 3.38. The van der Waals surface area contributed by atoms with Crippen LogP contribution in [0.2, 0.25) is 0 Å². The van der Waals surface area contributed by atoms with Gasteiger partial charge in [-0.1, -0.05) is 54.2 Å². The van der Waals surface area contributed by atoms with Crippen molar-refractivity contribution in [1.29, 1.82) is 0 Å². The summed E-state index contributed by atoms with van der Waals surface area (Å²) in [6.45, 7) is 4.04. The van der Waals surface area contributed by atoms with E-state index in [4.69, 9.17) is 9.51 Å². The van der Waals surface area contributed by atoms with Gasteiger partial charge in [0.2, 0.25) is 11.7 Å². The van der Waals surface area contributed by atoms with E-state index in [1.807, 2.05) is 0 Å². The first-order valence-corrected chi connectivity index (χ1v) is 10.4. The lowest BCUT2D eigenvalue weighted by Crippen LogP contribution is -2.38. The van der Waals surface area contributed by atoms with E-state index in [1.165, 1.54) is 43.4 Å². The minimum Gasteiger partial charge on any atom is -0.347 e. The quantitative estimate of drug-likeness (QED) is 0.727. The molecule has 0 amide bonds. The lowest BCUT2D eigenvalue weighted by atomic mass is 9.88. The van der Waals surface area contributed by atoms with Crippen molar-refractivity contribution in [2.75, 3.05) is 6.54 Å². The first-order chi connectivity index (χ1) is 13.8. The van der Waals surface area contributed by atoms with Crippen LogP contribution < -0.4 is 0 Å². The SMILES string of the molecule is Cc1ccc(-c2noc(C3Cc4nc[nH]c4CN3CC3CCCCC3)n2)cc1. The van der Waals surface area contributed by atoms with Gasteiger partial charge in [-0.3, -0.25) is 4.90 Å². The highest BCUT2D eigenvalue weighted by Crippen LogP contribution is 2.35. The zero-order valence-corrected chi connectivity index (χ0v) is 16.4. The first kappa shape index (κ1) is 17.6. The maximum Gasteiger partial charge on any atom is 0.244 e. The van der Waals surface area contributed by atoms with Gasteiger partial charge in [-0.05, 0) is 25.7 Å². The molecule has 1 aliphatic carbocycles. The number of nitrogens with zero attached hydrogens (tertiary/aromatic N) is 4. The smallest absolute Gasteiger partial charge is 0.244 e. The molecule has 3 aromatic rings. The number of aromatic nitrogens is 4. The van der Waals surface area contributed by atoms with Crippen LogP contribution in [0.5, 0.6) is 0 Å². The van der Waals surface area contributed by atoms with Gasteiger partial charge in [0, 0.05) is 25.1 Å². The standard InChI is InChI=1S/C22H27N5O/c1-15-7-9-17(10-8-15)21-25-22(28-26-21)20-11-18-19(24-14-23-18)13-27(20)12-16-5-3-2-4-6-16/h7-10,14,16,20H,2-6,11-13H2,1H3,(H,23,24). The summed E-state index contributed by atoms with van der Waals surface area (Å²) < 4.78 is 5.76. The molecule has 1 unspecified atom stereocenters. The second kappa shape index (κ2) is 7.51. The highest BCUT2D eigenvalue weighted by molar-refractivity contribution is 5.54. The molecule has 1 saturated carbocycles. The van der Waals surface area contributed by atoms with Crippen molar-refractivity contribution in [2.45, 2.75) is 58.0 Å². The number of imidazole rings is 1. The third kappa shape index (κ3) is 3.49. The first-order valence-electron chi connectivity index (χ1n) is 10.4. The zero-order valence-electron chi connectivity index (χ0n) is 16.4. The van der Waals surface area contributed by atoms with Gasteiger partial charge in [0.15, 0.2) is 0 Å². The number of nitrogens with one attached hydrogen (secondary N) is 1. The topological polar surface area (TPSA) is 70.8 Å². The fourth-order valence-electron chi connectivity index (χ4n) is 4.61. The highest BCUT2D eigenvalue weighted by Gasteiger charge is 2.34. The van der Waals surface area contributed by atoms with Gasteiger partial charge >= 0.3 is 0 Å². The molecule has 0 saturated heterocycles. The molecule has 0 radical (unpaired) electrons. The Labute approximate surface area is 165 Å². The second-order valence-corrected chi connectivity index (χ2v) is 8.30. The number of fused-ring (bicyclic) bond motifs is 1. The van der Waals surface area contributed by atoms with Gasteiger partial charge in [-0.25, -0.2) is 4.98 Å². The lowest BCUT2D eigenvalue weighted by Gasteiger charge is -2.36. The van der Waals surface area contributed by atoms with E-state index in [-0.39, 0.29) is 6.04 Å². The Kier molecular flexibility index (Phi) is 4.72. The van der Waals surface area contributed by atoms with Crippen LogP contribution in [0.25, 0.3) is 11.4 Å². The van der Waals surface area contributed by atoms with E-state index in [0.717, 1.165) is 36.7 Å². The molecule has 3 heterocycles. The fourth-order valence-corrected chi connectivity index (χ4v) is 4.61. The van der Waals surface area contributed by atoms with Gasteiger partial charge in [-0.15, -0.1) is 0 Å². The van der Waals surface area contributed by atoms with E-state index in [2.05, 4.69) is 51.2 Å². The molecule has 5 rings (SSSR count). The van der Waals surface area contributed by atoms with E-state index in [9.17, 15) is 0 Å². The molecule has 0 bridgehead atoms. The minimum absolute atomic E-state index is 0.101. The maximum atomic E-state index is 5.76. The number of hydrogen-bond acceptors (Lipinski definition) is 5. The number of aryl methyl sites for hydroxylation is 1. The molecule has 1 aliphatic heterocycles. The number of benzene rings is 1. The Morgan fingerprint density at radius 2 is 1.96 bits per heavy atom. The monoisotopic (exact) mass is 377 g/mol. The van der Waals surface area contributed by atoms with Crippen LogP contribution in [-0.2, 0) is 13.0 Å². The van der Waals surface area contributed by atoms with Gasteiger partial charge < -0.3 is 9.51 Å². The van der Waals surface area contributed by atoms with Gasteiger partial charge in [0.1, 0.15) is 0 Å². The average molecular weight is 377 g/mol. The maximum absolute atomic E-state index is 5.76. The van der Waals surface area contributed by atoms with E-state index in [1.54, 1.807) is 6.33 Å². The van der Waals surface area contributed by atoms with Crippen molar-refractivity contribution in [3.8, 4) is 11.4 Å². The fraction of sp³-hybridized carbons (Fsp3) is 0.500. The lowest BCUT2D eigenvalue weighted by molar-refractivity contribution is 0.104. The van der Waals surface area contributed by atoms with Crippen LogP contribution in [0.15, 0.2) is 35.1 Å². The Balaban J connectivity index is 1.41. The Hall–Kier alpha value is -2.47. The molecule has 2 aliphatic rings. The highest BCUT2D eigenvalue weighted by atomic mass is 16.5. The Morgan fingerprint density at radius 1 is 1.14 bits per heavy atom. The summed E-state index contributed by atoms with van der Waals surface area (Å²) in [5.41, 5.74) is 4.57. The summed E-state index contributed by atoms with van der Waals surface area (Å²) in [4.78, 5) is 15.1. The molecular weight excluding hydrogens is 350 g/mol. The molecule has 146 valence electrons. The van der Waals surface area contributed by atoms with Crippen LogP contribution in [0.4, 0.5) is 0 Å². The molecule has 2 aromatic heterocycles. The van der Waals surface area contributed by atoms with Crippen LogP contribution in [0.1, 0.15) is 61.0 Å². The number of aromatic amines is 1. The number of hydrogen-bond donors (Lipinski definition) is 1. The molecule has 1 N–H and O–H groups in total. The number of rotatable bonds is 4. The van der Waals surface area contributed by atoms with Crippen molar-refractivity contribution < 1.29 is 4.52 Å². The third-order valence-electron chi connectivity index (χ3n) is 6.25. The van der Waals surface area contributed by atoms with Crippen LogP contribution in [0, 0.1) is 12.8 Å². The predicted octanol–water partition coefficient (Wildman–Crippen LogP) is 4.45. The predicted molar refractivity (Wildman–Crippen MR) is 106 cm³/mol. The van der Waals surface area contributed by atoms with Crippen molar-refractivity contribution in [3.05, 3.63) is 53.4 Å². The summed E-state index contributed by atoms with van der Waals surface area (Å²) in [5, 5.41) is 4.28. The van der Waals surface area contributed by atoms with Gasteiger partial charge in [-0.2, -0.15) is 4.98 Å². The summed E-state index contributed by atoms with van der Waals surface area (Å²) in [6.07, 6.45) is 9.38. The summed E-state index contributed by atoms with van der Waals surface area (Å²) in [5.74, 6) is 2.14. The molecule has 6 nitrogen and oxygen atoms in total. The third-order valence-corrected chi connectivity index (χ3v) is 6.25. The van der Waals surface area contributed by atoms with Crippen molar-refractivity contribution >= 4 is 0 Å². The minimum atomic E-state index is 0.101. The molecule has 1 atom stereocenters. The van der Waals surface area contributed by atoms with Crippen LogP contribution in [-0.4, -0.2) is 31.6 Å². The molecular formula is C22H27N5O. The van der Waals surface area contributed by atoms with Crippen LogP contribution >= 0.6 is 0 Å². The van der Waals surface area contributed by atoms with Gasteiger partial charge in [0.25, 0.3) is 0 Å². The Morgan fingerprint density at radius 3 is 2.79 bits per heavy atom. The largest absolute Gasteiger partial charge is 0.347 e. The Bertz CT molecular complexity index is 923. The molecule has 6 heteroatoms. The van der Waals surface area contributed by atoms with Gasteiger partial charge in [0.05, 0.1) is 23.8 Å². The molecule has 28 heavy (non-hydrogen) atoms. The van der Waals surface area contributed by atoms with Crippen molar-refractivity contribution in [1.82, 2.24) is 25.0 Å². The van der Waals surface area contributed by atoms with E-state index >= 15 is 0 Å². The summed E-state index contributed by atoms with van der Waals surface area (Å²) >= 11 is 0. The van der Waals surface area contributed by atoms with Crippen molar-refractivity contribution in [2.24, 2.45) is 5.92 Å². The van der Waals surface area contributed by atoms with E-state index < -0.39 is 0 Å². The van der Waals surface area contributed by atoms with Crippen LogP contribution in [0.3, 0.4) is 0 Å². The van der Waals surface area contributed by atoms with Crippen molar-refractivity contribution in [3.63, 3.8) is 0 Å². The second-order valence-electron chi connectivity index (χ2n) is 8.30. The number of H-pyrrole nitrogens is 1. The normalized spacial score (nSPS) is 21.0. The molecule has 1 aromatic carbocycles. The zero-order chi connectivity index (χ0) is 18.9. The summed E-state index contributed by atoms with van der Waals surface area (Å²) in [7, 11) is 0.